The topological polar surface area (TPSA) is 173 Å². The summed E-state index contributed by atoms with van der Waals surface area (Å²) in [5.41, 5.74) is 7.42. The predicted molar refractivity (Wildman–Crippen MR) is 78.2 cm³/mol. The molecule has 0 bridgehead atoms. The smallest absolute Gasteiger partial charge is 0.394 e. The number of benzene rings is 1. The van der Waals surface area contributed by atoms with Gasteiger partial charge in [0, 0.05) is 17.9 Å². The van der Waals surface area contributed by atoms with Crippen LogP contribution in [0.3, 0.4) is 0 Å². The SMILES string of the molecule is CCNc1ccc(N)cc1.CS(N)(=O)=O.O=S(=O)(O)O. The van der Waals surface area contributed by atoms with Gasteiger partial charge in [-0.25, -0.2) is 13.6 Å². The second-order valence-corrected chi connectivity index (χ2v) is 5.98. The van der Waals surface area contributed by atoms with Crippen molar-refractivity contribution in [3.63, 3.8) is 0 Å². The number of primary sulfonamides is 1. The van der Waals surface area contributed by atoms with Crippen LogP contribution in [0.15, 0.2) is 24.3 Å². The molecule has 0 saturated heterocycles. The first-order chi connectivity index (χ1) is 8.83. The van der Waals surface area contributed by atoms with Crippen molar-refractivity contribution in [2.75, 3.05) is 23.9 Å². The summed E-state index contributed by atoms with van der Waals surface area (Å²) in [7, 11) is -7.83. The van der Waals surface area contributed by atoms with Gasteiger partial charge in [0.1, 0.15) is 0 Å². The molecule has 0 aliphatic carbocycles. The van der Waals surface area contributed by atoms with Gasteiger partial charge in [0.05, 0.1) is 6.26 Å². The molecule has 0 spiro atoms. The molecule has 0 aliphatic heterocycles. The van der Waals surface area contributed by atoms with Gasteiger partial charge in [-0.1, -0.05) is 0 Å². The van der Waals surface area contributed by atoms with Crippen molar-refractivity contribution in [2.45, 2.75) is 6.92 Å². The molecule has 1 aromatic rings. The third kappa shape index (κ3) is 30.0. The monoisotopic (exact) mass is 329 g/mol. The molecule has 0 atom stereocenters. The first-order valence-electron chi connectivity index (χ1n) is 5.10. The van der Waals surface area contributed by atoms with E-state index in [0.717, 1.165) is 24.2 Å². The summed E-state index contributed by atoms with van der Waals surface area (Å²) in [5.74, 6) is 0. The maximum atomic E-state index is 9.41. The number of sulfonamides is 1. The average Bonchev–Trinajstić information content (AvgIpc) is 2.17. The number of anilines is 2. The minimum absolute atomic E-state index is 0.807. The molecule has 0 fully saturated rings. The third-order valence-electron chi connectivity index (χ3n) is 1.29. The Kier molecular flexibility index (Phi) is 9.93. The highest BCUT2D eigenvalue weighted by molar-refractivity contribution is 7.88. The van der Waals surface area contributed by atoms with Crippen LogP contribution in [0.1, 0.15) is 6.92 Å². The van der Waals surface area contributed by atoms with E-state index in [1.165, 1.54) is 0 Å². The van der Waals surface area contributed by atoms with Crippen molar-refractivity contribution in [3.05, 3.63) is 24.3 Å². The molecule has 20 heavy (non-hydrogen) atoms. The molecule has 0 heterocycles. The van der Waals surface area contributed by atoms with E-state index >= 15 is 0 Å². The fourth-order valence-electron chi connectivity index (χ4n) is 0.805. The molecule has 0 amide bonds. The van der Waals surface area contributed by atoms with Crippen LogP contribution in [0.5, 0.6) is 0 Å². The van der Waals surface area contributed by atoms with Crippen LogP contribution in [0.4, 0.5) is 11.4 Å². The Bertz CT molecular complexity index is 522. The number of nitrogen functional groups attached to an aromatic ring is 1. The van der Waals surface area contributed by atoms with Gasteiger partial charge in [0.25, 0.3) is 0 Å². The molecule has 1 rings (SSSR count). The van der Waals surface area contributed by atoms with Crippen LogP contribution in [0, 0.1) is 0 Å². The fraction of sp³-hybridized carbons (Fsp3) is 0.333. The van der Waals surface area contributed by atoms with E-state index in [-0.39, 0.29) is 0 Å². The van der Waals surface area contributed by atoms with Gasteiger partial charge in [0.15, 0.2) is 0 Å². The Morgan fingerprint density at radius 3 is 1.65 bits per heavy atom. The van der Waals surface area contributed by atoms with Crippen molar-refractivity contribution < 1.29 is 25.9 Å². The lowest BCUT2D eigenvalue weighted by Crippen LogP contribution is -2.07. The summed E-state index contributed by atoms with van der Waals surface area (Å²) in [6.07, 6.45) is 0.938. The van der Waals surface area contributed by atoms with Crippen molar-refractivity contribution >= 4 is 31.8 Å². The largest absolute Gasteiger partial charge is 0.399 e. The van der Waals surface area contributed by atoms with E-state index in [1.807, 2.05) is 24.3 Å². The minimum Gasteiger partial charge on any atom is -0.399 e. The molecule has 0 aliphatic rings. The molecule has 11 heteroatoms. The van der Waals surface area contributed by atoms with Crippen LogP contribution in [-0.2, 0) is 20.4 Å². The highest BCUT2D eigenvalue weighted by Gasteiger charge is 1.86. The molecule has 9 nitrogen and oxygen atoms in total. The zero-order chi connectivity index (χ0) is 16.4. The van der Waals surface area contributed by atoms with Crippen molar-refractivity contribution in [1.29, 1.82) is 0 Å². The van der Waals surface area contributed by atoms with Crippen LogP contribution >= 0.6 is 0 Å². The van der Waals surface area contributed by atoms with E-state index < -0.39 is 20.4 Å². The number of nitrogens with two attached hydrogens (primary N) is 2. The van der Waals surface area contributed by atoms with Gasteiger partial charge in [-0.3, -0.25) is 9.11 Å². The van der Waals surface area contributed by atoms with Crippen molar-refractivity contribution in [3.8, 4) is 0 Å². The third-order valence-corrected chi connectivity index (χ3v) is 1.29. The molecular weight excluding hydrogens is 310 g/mol. The van der Waals surface area contributed by atoms with Gasteiger partial charge in [-0.15, -0.1) is 0 Å². The second-order valence-electron chi connectivity index (χ2n) is 3.43. The highest BCUT2D eigenvalue weighted by Crippen LogP contribution is 2.09. The van der Waals surface area contributed by atoms with E-state index in [1.54, 1.807) is 0 Å². The molecule has 7 N–H and O–H groups in total. The molecule has 118 valence electrons. The van der Waals surface area contributed by atoms with E-state index in [9.17, 15) is 8.42 Å². The molecule has 1 aromatic carbocycles. The molecule has 0 saturated carbocycles. The summed E-state index contributed by atoms with van der Waals surface area (Å²) in [6.45, 7) is 3.01. The van der Waals surface area contributed by atoms with Crippen LogP contribution in [0.2, 0.25) is 0 Å². The number of hydrogen-bond donors (Lipinski definition) is 5. The van der Waals surface area contributed by atoms with Gasteiger partial charge in [-0.2, -0.15) is 8.42 Å². The summed E-state index contributed by atoms with van der Waals surface area (Å²) in [6, 6.07) is 7.72. The van der Waals surface area contributed by atoms with Crippen LogP contribution in [0.25, 0.3) is 0 Å². The van der Waals surface area contributed by atoms with E-state index in [2.05, 4.69) is 17.4 Å². The molecule has 0 aromatic heterocycles. The number of hydrogen-bond acceptors (Lipinski definition) is 6. The predicted octanol–water partition coefficient (Wildman–Crippen LogP) is -0.0475. The van der Waals surface area contributed by atoms with Gasteiger partial charge < -0.3 is 11.1 Å². The van der Waals surface area contributed by atoms with E-state index in [0.29, 0.717) is 0 Å². The maximum Gasteiger partial charge on any atom is 0.394 e. The number of nitrogens with one attached hydrogen (secondary N) is 1. The zero-order valence-electron chi connectivity index (χ0n) is 11.0. The fourth-order valence-corrected chi connectivity index (χ4v) is 0.805. The lowest BCUT2D eigenvalue weighted by atomic mass is 10.3. The molecule has 0 radical (unpaired) electrons. The second kappa shape index (κ2) is 9.50. The van der Waals surface area contributed by atoms with Crippen LogP contribution in [-0.4, -0.2) is 38.7 Å². The Hall–Kier alpha value is -1.40. The summed E-state index contributed by atoms with van der Waals surface area (Å²) in [5, 5.41) is 7.51. The number of rotatable bonds is 2. The lowest BCUT2D eigenvalue weighted by molar-refractivity contribution is 0.381. The quantitative estimate of drug-likeness (QED) is 0.371. The maximum absolute atomic E-state index is 9.41. The summed E-state index contributed by atoms with van der Waals surface area (Å²) < 4.78 is 50.4. The molecular formula is C9H19N3O6S2. The van der Waals surface area contributed by atoms with Crippen molar-refractivity contribution in [1.82, 2.24) is 0 Å². The van der Waals surface area contributed by atoms with Gasteiger partial charge in [0.2, 0.25) is 10.0 Å². The summed E-state index contributed by atoms with van der Waals surface area (Å²) >= 11 is 0. The Balaban J connectivity index is 0. The molecule has 0 unspecified atom stereocenters. The van der Waals surface area contributed by atoms with Crippen LogP contribution < -0.4 is 16.2 Å². The van der Waals surface area contributed by atoms with Gasteiger partial charge in [-0.05, 0) is 31.2 Å². The van der Waals surface area contributed by atoms with Crippen molar-refractivity contribution in [2.24, 2.45) is 5.14 Å². The highest BCUT2D eigenvalue weighted by atomic mass is 32.3. The van der Waals surface area contributed by atoms with E-state index in [4.69, 9.17) is 23.3 Å². The summed E-state index contributed by atoms with van der Waals surface area (Å²) in [4.78, 5) is 0. The average molecular weight is 329 g/mol. The zero-order valence-corrected chi connectivity index (χ0v) is 12.6. The lowest BCUT2D eigenvalue weighted by Gasteiger charge is -2.01. The van der Waals surface area contributed by atoms with Gasteiger partial charge >= 0.3 is 10.4 Å². The first-order valence-corrected chi connectivity index (χ1v) is 8.45. The Morgan fingerprint density at radius 1 is 1.10 bits per heavy atom. The first kappa shape index (κ1) is 20.9. The Labute approximate surface area is 118 Å². The minimum atomic E-state index is -4.67. The Morgan fingerprint density at radius 2 is 1.40 bits per heavy atom. The normalized spacial score (nSPS) is 10.4. The standard InChI is InChI=1S/C8H12N2.CH5NO2S.H2O4S/c1-2-10-8-5-3-7(9)4-6-8;2*1-5(2,3)4/h3-6,10H,2,9H2,1H3;1H3,(H2,2,3,4);(H2,1,2,3,4).